The van der Waals surface area contributed by atoms with Crippen molar-refractivity contribution in [2.75, 3.05) is 20.2 Å². The molecule has 20 heavy (non-hydrogen) atoms. The Kier molecular flexibility index (Phi) is 4.33. The fourth-order valence-corrected chi connectivity index (χ4v) is 3.49. The van der Waals surface area contributed by atoms with Gasteiger partial charge in [0.15, 0.2) is 0 Å². The largest absolute Gasteiger partial charge is 0.424 e. The molecule has 3 rings (SSSR count). The van der Waals surface area contributed by atoms with Crippen molar-refractivity contribution in [3.63, 3.8) is 0 Å². The number of likely N-dealkylation sites (tertiary alicyclic amines) is 1. The van der Waals surface area contributed by atoms with Crippen molar-refractivity contribution in [1.29, 1.82) is 0 Å². The molecule has 2 aliphatic rings. The monoisotopic (exact) mass is 280 g/mol. The van der Waals surface area contributed by atoms with Crippen LogP contribution in [0.4, 0.5) is 0 Å². The molecule has 112 valence electrons. The number of rotatable bonds is 5. The van der Waals surface area contributed by atoms with Crippen molar-refractivity contribution < 1.29 is 9.15 Å². The van der Waals surface area contributed by atoms with Crippen molar-refractivity contribution in [3.8, 4) is 0 Å². The fraction of sp³-hybridized carbons (Fsp3) is 0.857. The van der Waals surface area contributed by atoms with Crippen LogP contribution in [0, 0.1) is 6.92 Å². The molecule has 2 fully saturated rings. The van der Waals surface area contributed by atoms with Crippen LogP contribution in [0.2, 0.25) is 0 Å². The summed E-state index contributed by atoms with van der Waals surface area (Å²) in [5.41, 5.74) is 0. The highest BCUT2D eigenvalue weighted by atomic mass is 16.5. The van der Waals surface area contributed by atoms with Crippen LogP contribution >= 0.6 is 0 Å². The lowest BCUT2D eigenvalue weighted by Crippen LogP contribution is -2.46. The van der Waals surface area contributed by atoms with Gasteiger partial charge in [0.1, 0.15) is 0 Å². The van der Waals surface area contributed by atoms with Gasteiger partial charge >= 0.3 is 0 Å². The molecule has 2 heterocycles. The third-order valence-corrected chi connectivity index (χ3v) is 4.54. The molecule has 1 unspecified atom stereocenters. The van der Waals surface area contributed by atoms with Crippen LogP contribution in [0.1, 0.15) is 37.5 Å². The summed E-state index contributed by atoms with van der Waals surface area (Å²) in [5, 5.41) is 11.5. The van der Waals surface area contributed by atoms with Crippen molar-refractivity contribution >= 4 is 0 Å². The van der Waals surface area contributed by atoms with Gasteiger partial charge in [-0.25, -0.2) is 0 Å². The highest BCUT2D eigenvalue weighted by Gasteiger charge is 2.35. The van der Waals surface area contributed by atoms with Crippen molar-refractivity contribution in [2.45, 2.75) is 57.3 Å². The molecule has 1 N–H and O–H groups in total. The number of aryl methyl sites for hydroxylation is 1. The molecule has 0 spiro atoms. The highest BCUT2D eigenvalue weighted by Crippen LogP contribution is 2.28. The van der Waals surface area contributed by atoms with Crippen molar-refractivity contribution in [1.82, 2.24) is 20.4 Å². The molecule has 0 aromatic carbocycles. The standard InChI is InChI=1S/C14H24N4O2/c1-10-16-17-14(20-10)8-15-12-4-3-5-13(12)18-7-6-11(9-18)19-2/h11-13,15H,3-9H2,1-2H3/t11?,12-,13+/m1/s1. The summed E-state index contributed by atoms with van der Waals surface area (Å²) in [6.45, 7) is 4.72. The van der Waals surface area contributed by atoms with E-state index in [1.807, 2.05) is 14.0 Å². The second-order valence-electron chi connectivity index (χ2n) is 5.84. The summed E-state index contributed by atoms with van der Waals surface area (Å²) < 4.78 is 10.9. The molecule has 1 aliphatic carbocycles. The van der Waals surface area contributed by atoms with Crippen LogP contribution in [-0.4, -0.2) is 53.5 Å². The van der Waals surface area contributed by atoms with Crippen molar-refractivity contribution in [2.24, 2.45) is 0 Å². The van der Waals surface area contributed by atoms with Gasteiger partial charge in [-0.2, -0.15) is 0 Å². The number of hydrogen-bond acceptors (Lipinski definition) is 6. The normalized spacial score (nSPS) is 31.2. The Labute approximate surface area is 119 Å². The smallest absolute Gasteiger partial charge is 0.230 e. The number of nitrogens with zero attached hydrogens (tertiary/aromatic N) is 3. The summed E-state index contributed by atoms with van der Waals surface area (Å²) in [7, 11) is 1.82. The van der Waals surface area contributed by atoms with Gasteiger partial charge in [0.05, 0.1) is 12.6 Å². The van der Waals surface area contributed by atoms with Gasteiger partial charge in [-0.3, -0.25) is 4.90 Å². The molecule has 1 aliphatic heterocycles. The second-order valence-corrected chi connectivity index (χ2v) is 5.84. The molecule has 0 amide bonds. The Balaban J connectivity index is 1.53. The Morgan fingerprint density at radius 1 is 1.35 bits per heavy atom. The Bertz CT molecular complexity index is 437. The summed E-state index contributed by atoms with van der Waals surface area (Å²) in [5.74, 6) is 1.32. The predicted octanol–water partition coefficient (Wildman–Crippen LogP) is 1.11. The molecular formula is C14H24N4O2. The lowest BCUT2D eigenvalue weighted by Gasteiger charge is -2.29. The Morgan fingerprint density at radius 2 is 2.25 bits per heavy atom. The van der Waals surface area contributed by atoms with E-state index in [2.05, 4.69) is 20.4 Å². The molecule has 1 aromatic heterocycles. The van der Waals surface area contributed by atoms with Gasteiger partial charge < -0.3 is 14.5 Å². The van der Waals surface area contributed by atoms with E-state index in [1.165, 1.54) is 19.3 Å². The lowest BCUT2D eigenvalue weighted by molar-refractivity contribution is 0.0978. The van der Waals surface area contributed by atoms with Crippen LogP contribution in [0.25, 0.3) is 0 Å². The quantitative estimate of drug-likeness (QED) is 0.871. The summed E-state index contributed by atoms with van der Waals surface area (Å²) in [6, 6.07) is 1.15. The molecule has 3 atom stereocenters. The van der Waals surface area contributed by atoms with E-state index in [9.17, 15) is 0 Å². The maximum absolute atomic E-state index is 5.47. The first-order valence-corrected chi connectivity index (χ1v) is 7.55. The number of methoxy groups -OCH3 is 1. The molecule has 1 saturated heterocycles. The molecule has 1 saturated carbocycles. The first-order chi connectivity index (χ1) is 9.76. The van der Waals surface area contributed by atoms with E-state index in [0.717, 1.165) is 19.5 Å². The molecule has 0 radical (unpaired) electrons. The van der Waals surface area contributed by atoms with Gasteiger partial charge in [-0.15, -0.1) is 10.2 Å². The average molecular weight is 280 g/mol. The van der Waals surface area contributed by atoms with Crippen LogP contribution < -0.4 is 5.32 Å². The van der Waals surface area contributed by atoms with Gasteiger partial charge in [0.25, 0.3) is 0 Å². The van der Waals surface area contributed by atoms with Crippen LogP contribution in [-0.2, 0) is 11.3 Å². The van der Waals surface area contributed by atoms with Gasteiger partial charge in [-0.1, -0.05) is 6.42 Å². The minimum atomic E-state index is 0.412. The Hall–Kier alpha value is -0.980. The summed E-state index contributed by atoms with van der Waals surface area (Å²) >= 11 is 0. The van der Waals surface area contributed by atoms with Crippen LogP contribution in [0.15, 0.2) is 4.42 Å². The molecule has 6 heteroatoms. The van der Waals surface area contributed by atoms with Gasteiger partial charge in [0.2, 0.25) is 11.8 Å². The van der Waals surface area contributed by atoms with Gasteiger partial charge in [0, 0.05) is 39.2 Å². The van der Waals surface area contributed by atoms with E-state index in [1.54, 1.807) is 0 Å². The van der Waals surface area contributed by atoms with E-state index in [-0.39, 0.29) is 0 Å². The minimum Gasteiger partial charge on any atom is -0.424 e. The average Bonchev–Trinajstić information content (AvgIpc) is 3.16. The fourth-order valence-electron chi connectivity index (χ4n) is 3.49. The van der Waals surface area contributed by atoms with E-state index in [0.29, 0.717) is 36.5 Å². The maximum Gasteiger partial charge on any atom is 0.230 e. The second kappa shape index (κ2) is 6.20. The number of aromatic nitrogens is 2. The van der Waals surface area contributed by atoms with Crippen LogP contribution in [0.5, 0.6) is 0 Å². The van der Waals surface area contributed by atoms with Crippen LogP contribution in [0.3, 0.4) is 0 Å². The van der Waals surface area contributed by atoms with Gasteiger partial charge in [-0.05, 0) is 19.3 Å². The zero-order valence-electron chi connectivity index (χ0n) is 12.3. The zero-order valence-corrected chi connectivity index (χ0v) is 12.3. The zero-order chi connectivity index (χ0) is 13.9. The first kappa shape index (κ1) is 14.0. The van der Waals surface area contributed by atoms with Crippen molar-refractivity contribution in [3.05, 3.63) is 11.8 Å². The van der Waals surface area contributed by atoms with E-state index >= 15 is 0 Å². The maximum atomic E-state index is 5.47. The minimum absolute atomic E-state index is 0.412. The highest BCUT2D eigenvalue weighted by molar-refractivity contribution is 4.94. The lowest BCUT2D eigenvalue weighted by atomic mass is 10.1. The summed E-state index contributed by atoms with van der Waals surface area (Å²) in [6.07, 6.45) is 5.36. The molecule has 1 aromatic rings. The SMILES string of the molecule is COC1CCN([C@H]2CCC[C@H]2NCc2nnc(C)o2)C1. The number of ether oxygens (including phenoxy) is 1. The van der Waals surface area contributed by atoms with E-state index < -0.39 is 0 Å². The Morgan fingerprint density at radius 3 is 2.95 bits per heavy atom. The van der Waals surface area contributed by atoms with E-state index in [4.69, 9.17) is 9.15 Å². The first-order valence-electron chi connectivity index (χ1n) is 7.55. The topological polar surface area (TPSA) is 63.4 Å². The predicted molar refractivity (Wildman–Crippen MR) is 74.3 cm³/mol. The third-order valence-electron chi connectivity index (χ3n) is 4.54. The molecular weight excluding hydrogens is 256 g/mol. The summed E-state index contributed by atoms with van der Waals surface area (Å²) in [4.78, 5) is 2.58. The number of nitrogens with one attached hydrogen (secondary N) is 1. The number of hydrogen-bond donors (Lipinski definition) is 1. The molecule has 6 nitrogen and oxygen atoms in total. The third kappa shape index (κ3) is 3.02. The molecule has 0 bridgehead atoms.